The zero-order valence-corrected chi connectivity index (χ0v) is 14.7. The van der Waals surface area contributed by atoms with Crippen LogP contribution in [0.25, 0.3) is 0 Å². The molecule has 1 spiro atoms. The molecule has 6 nitrogen and oxygen atoms in total. The fourth-order valence-electron chi connectivity index (χ4n) is 4.02. The summed E-state index contributed by atoms with van der Waals surface area (Å²) in [6.45, 7) is 2.20. The Morgan fingerprint density at radius 3 is 2.92 bits per heavy atom. The van der Waals surface area contributed by atoms with Crippen LogP contribution in [-0.4, -0.2) is 66.6 Å². The number of carbonyl (C=O) groups excluding carboxylic acids is 2. The molecule has 1 unspecified atom stereocenters. The van der Waals surface area contributed by atoms with Crippen molar-refractivity contribution >= 4 is 11.8 Å². The summed E-state index contributed by atoms with van der Waals surface area (Å²) < 4.78 is 5.21. The van der Waals surface area contributed by atoms with Crippen LogP contribution in [0.2, 0.25) is 0 Å². The van der Waals surface area contributed by atoms with Crippen LogP contribution < -0.4 is 4.74 Å². The largest absolute Gasteiger partial charge is 0.497 e. The Bertz CT molecular complexity index is 646. The van der Waals surface area contributed by atoms with Crippen molar-refractivity contribution in [1.29, 1.82) is 0 Å². The summed E-state index contributed by atoms with van der Waals surface area (Å²) >= 11 is 0. The van der Waals surface area contributed by atoms with Gasteiger partial charge in [-0.3, -0.25) is 9.59 Å². The minimum atomic E-state index is -0.447. The fourth-order valence-corrected chi connectivity index (χ4v) is 4.02. The highest BCUT2D eigenvalue weighted by Gasteiger charge is 2.49. The minimum Gasteiger partial charge on any atom is -0.497 e. The average Bonchev–Trinajstić information content (AvgIpc) is 3.05. The number of hydrogen-bond donors (Lipinski definition) is 1. The first-order chi connectivity index (χ1) is 12.1. The first-order valence-corrected chi connectivity index (χ1v) is 8.89. The smallest absolute Gasteiger partial charge is 0.230 e. The Hall–Kier alpha value is -2.08. The molecule has 2 amide bonds. The lowest BCUT2D eigenvalue weighted by atomic mass is 9.78. The minimum absolute atomic E-state index is 0.0136. The van der Waals surface area contributed by atoms with Crippen LogP contribution in [0.3, 0.4) is 0 Å². The molecule has 1 aromatic rings. The van der Waals surface area contributed by atoms with Gasteiger partial charge in [0.1, 0.15) is 5.75 Å². The van der Waals surface area contributed by atoms with Crippen molar-refractivity contribution in [3.63, 3.8) is 0 Å². The summed E-state index contributed by atoms with van der Waals surface area (Å²) in [6.07, 6.45) is 2.81. The number of benzene rings is 1. The number of aliphatic hydroxyl groups excluding tert-OH is 1. The lowest BCUT2D eigenvalue weighted by Crippen LogP contribution is -2.51. The predicted molar refractivity (Wildman–Crippen MR) is 93.2 cm³/mol. The van der Waals surface area contributed by atoms with Crippen LogP contribution in [0.5, 0.6) is 5.75 Å². The van der Waals surface area contributed by atoms with Crippen LogP contribution in [0.4, 0.5) is 0 Å². The maximum absolute atomic E-state index is 12.8. The molecule has 25 heavy (non-hydrogen) atoms. The van der Waals surface area contributed by atoms with Gasteiger partial charge >= 0.3 is 0 Å². The number of amides is 2. The van der Waals surface area contributed by atoms with Gasteiger partial charge in [0, 0.05) is 26.2 Å². The van der Waals surface area contributed by atoms with E-state index < -0.39 is 5.41 Å². The van der Waals surface area contributed by atoms with Crippen LogP contribution in [-0.2, 0) is 16.0 Å². The van der Waals surface area contributed by atoms with E-state index in [4.69, 9.17) is 9.84 Å². The molecule has 0 saturated carbocycles. The fraction of sp³-hybridized carbons (Fsp3) is 0.579. The second-order valence-electron chi connectivity index (χ2n) is 6.99. The van der Waals surface area contributed by atoms with E-state index in [0.29, 0.717) is 32.6 Å². The number of hydrogen-bond acceptors (Lipinski definition) is 4. The Kier molecular flexibility index (Phi) is 5.27. The molecule has 1 aromatic carbocycles. The molecule has 1 atom stereocenters. The van der Waals surface area contributed by atoms with Crippen molar-refractivity contribution in [3.05, 3.63) is 29.8 Å². The van der Waals surface area contributed by atoms with E-state index in [2.05, 4.69) is 0 Å². The van der Waals surface area contributed by atoms with E-state index in [1.165, 1.54) is 0 Å². The Morgan fingerprint density at radius 1 is 1.32 bits per heavy atom. The summed E-state index contributed by atoms with van der Waals surface area (Å²) in [6, 6.07) is 7.53. The summed E-state index contributed by atoms with van der Waals surface area (Å²) in [4.78, 5) is 29.1. The van der Waals surface area contributed by atoms with E-state index in [1.54, 1.807) is 12.0 Å². The van der Waals surface area contributed by atoms with Crippen LogP contribution in [0.15, 0.2) is 24.3 Å². The van der Waals surface area contributed by atoms with E-state index in [1.807, 2.05) is 29.2 Å². The summed E-state index contributed by atoms with van der Waals surface area (Å²) in [7, 11) is 1.61. The van der Waals surface area contributed by atoms with Gasteiger partial charge in [-0.25, -0.2) is 0 Å². The first-order valence-electron chi connectivity index (χ1n) is 8.89. The molecule has 0 aliphatic carbocycles. The Labute approximate surface area is 148 Å². The van der Waals surface area contributed by atoms with Gasteiger partial charge in [-0.05, 0) is 37.0 Å². The summed E-state index contributed by atoms with van der Waals surface area (Å²) in [5, 5.41) is 9.15. The van der Waals surface area contributed by atoms with Crippen molar-refractivity contribution in [1.82, 2.24) is 9.80 Å². The molecule has 2 aliphatic rings. The Balaban J connectivity index is 1.65. The number of likely N-dealkylation sites (tertiary alicyclic amines) is 2. The van der Waals surface area contributed by atoms with Gasteiger partial charge in [0.15, 0.2) is 0 Å². The van der Waals surface area contributed by atoms with Crippen molar-refractivity contribution in [2.24, 2.45) is 5.41 Å². The van der Waals surface area contributed by atoms with Gasteiger partial charge in [0.05, 0.1) is 25.6 Å². The molecule has 2 heterocycles. The highest BCUT2D eigenvalue weighted by molar-refractivity contribution is 5.86. The number of β-amino-alcohol motifs (C(OH)–C–C–N with tert-alkyl or cyclic N) is 1. The summed E-state index contributed by atoms with van der Waals surface area (Å²) in [5.41, 5.74) is 0.472. The topological polar surface area (TPSA) is 70.1 Å². The van der Waals surface area contributed by atoms with Gasteiger partial charge in [-0.1, -0.05) is 12.1 Å². The monoisotopic (exact) mass is 346 g/mol. The van der Waals surface area contributed by atoms with Gasteiger partial charge in [0.25, 0.3) is 0 Å². The lowest BCUT2D eigenvalue weighted by Gasteiger charge is -2.39. The SMILES string of the molecule is COc1cccc(CC(=O)N2CCC3(CCCN(CCO)C3=O)C2)c1. The van der Waals surface area contributed by atoms with Crippen LogP contribution in [0.1, 0.15) is 24.8 Å². The third-order valence-corrected chi connectivity index (χ3v) is 5.39. The molecule has 3 rings (SSSR count). The Morgan fingerprint density at radius 2 is 2.16 bits per heavy atom. The quantitative estimate of drug-likeness (QED) is 0.866. The lowest BCUT2D eigenvalue weighted by molar-refractivity contribution is -0.146. The second kappa shape index (κ2) is 7.44. The number of rotatable bonds is 5. The normalized spacial score (nSPS) is 23.4. The van der Waals surface area contributed by atoms with E-state index >= 15 is 0 Å². The molecular weight excluding hydrogens is 320 g/mol. The van der Waals surface area contributed by atoms with Gasteiger partial charge < -0.3 is 19.6 Å². The molecule has 6 heteroatoms. The second-order valence-corrected chi connectivity index (χ2v) is 6.99. The zero-order chi connectivity index (χ0) is 17.9. The van der Waals surface area contributed by atoms with E-state index in [-0.39, 0.29) is 18.4 Å². The number of methoxy groups -OCH3 is 1. The maximum Gasteiger partial charge on any atom is 0.230 e. The standard InChI is InChI=1S/C19H26N2O4/c1-25-16-5-2-4-15(12-16)13-17(23)21-9-7-19(14-21)6-3-8-20(10-11-22)18(19)24/h2,4-5,12,22H,3,6-11,13-14H2,1H3. The molecule has 0 radical (unpaired) electrons. The third kappa shape index (κ3) is 3.63. The zero-order valence-electron chi connectivity index (χ0n) is 14.7. The van der Waals surface area contributed by atoms with Crippen LogP contribution in [0, 0.1) is 5.41 Å². The number of aliphatic hydroxyl groups is 1. The van der Waals surface area contributed by atoms with Gasteiger partial charge in [-0.2, -0.15) is 0 Å². The summed E-state index contributed by atoms with van der Waals surface area (Å²) in [5.74, 6) is 0.895. The van der Waals surface area contributed by atoms with Gasteiger partial charge in [0.2, 0.25) is 11.8 Å². The predicted octanol–water partition coefficient (Wildman–Crippen LogP) is 1.07. The van der Waals surface area contributed by atoms with Crippen molar-refractivity contribution in [3.8, 4) is 5.75 Å². The van der Waals surface area contributed by atoms with E-state index in [9.17, 15) is 9.59 Å². The highest BCUT2D eigenvalue weighted by atomic mass is 16.5. The molecule has 0 aromatic heterocycles. The van der Waals surface area contributed by atoms with Crippen molar-refractivity contribution in [2.45, 2.75) is 25.7 Å². The van der Waals surface area contributed by atoms with Crippen molar-refractivity contribution < 1.29 is 19.4 Å². The van der Waals surface area contributed by atoms with Crippen molar-refractivity contribution in [2.75, 3.05) is 39.9 Å². The molecule has 2 saturated heterocycles. The van der Waals surface area contributed by atoms with E-state index in [0.717, 1.165) is 30.6 Å². The number of nitrogens with zero attached hydrogens (tertiary/aromatic N) is 2. The average molecular weight is 346 g/mol. The highest BCUT2D eigenvalue weighted by Crippen LogP contribution is 2.40. The van der Waals surface area contributed by atoms with Gasteiger partial charge in [-0.15, -0.1) is 0 Å². The first kappa shape index (κ1) is 17.7. The molecule has 2 aliphatic heterocycles. The number of carbonyl (C=O) groups is 2. The molecular formula is C19H26N2O4. The van der Waals surface area contributed by atoms with Crippen LogP contribution >= 0.6 is 0 Å². The third-order valence-electron chi connectivity index (χ3n) is 5.39. The molecule has 136 valence electrons. The number of piperidine rings is 1. The molecule has 2 fully saturated rings. The maximum atomic E-state index is 12.8. The number of ether oxygens (including phenoxy) is 1. The molecule has 1 N–H and O–H groups in total. The molecule has 0 bridgehead atoms.